The summed E-state index contributed by atoms with van der Waals surface area (Å²) in [6.07, 6.45) is -0.987. The van der Waals surface area contributed by atoms with Crippen molar-refractivity contribution in [3.8, 4) is 0 Å². The van der Waals surface area contributed by atoms with Crippen LogP contribution in [0, 0.1) is 11.6 Å². The molecule has 0 aromatic heterocycles. The lowest BCUT2D eigenvalue weighted by molar-refractivity contribution is 0.126. The molecule has 10 heteroatoms. The molecule has 8 nitrogen and oxygen atoms in total. The number of benzene rings is 2. The third-order valence-corrected chi connectivity index (χ3v) is 5.30. The van der Waals surface area contributed by atoms with Gasteiger partial charge in [0.1, 0.15) is 11.8 Å². The van der Waals surface area contributed by atoms with Gasteiger partial charge < -0.3 is 20.7 Å². The highest BCUT2D eigenvalue weighted by Gasteiger charge is 2.33. The van der Waals surface area contributed by atoms with Crippen LogP contribution in [-0.2, 0) is 9.57 Å². The minimum Gasteiger partial charge on any atom is -0.443 e. The molecule has 166 valence electrons. The Morgan fingerprint density at radius 3 is 2.48 bits per heavy atom. The molecule has 2 aliphatic heterocycles. The minimum atomic E-state index is -0.735. The van der Waals surface area contributed by atoms with Crippen LogP contribution in [-0.4, -0.2) is 58.6 Å². The minimum absolute atomic E-state index is 0.133. The molecule has 0 spiro atoms. The van der Waals surface area contributed by atoms with Crippen LogP contribution in [0.25, 0.3) is 0 Å². The van der Waals surface area contributed by atoms with Gasteiger partial charge in [0.15, 0.2) is 11.6 Å². The van der Waals surface area contributed by atoms with E-state index in [1.807, 2.05) is 12.1 Å². The van der Waals surface area contributed by atoms with Crippen molar-refractivity contribution >= 4 is 28.8 Å². The Hall–Kier alpha value is -3.11. The van der Waals surface area contributed by atoms with Crippen LogP contribution in [0.4, 0.5) is 36.3 Å². The zero-order chi connectivity index (χ0) is 22.0. The average Bonchev–Trinajstić information content (AvgIpc) is 2.94. The van der Waals surface area contributed by atoms with Gasteiger partial charge in [0.05, 0.1) is 31.1 Å². The molecule has 0 aliphatic carbocycles. The SMILES string of the molecule is CNC[C@H]1CN(c2cc(F)c(N3CCON(c4ccc(N)cc4)CC3)c(F)c2)C(=O)O1. The largest absolute Gasteiger partial charge is 0.443 e. The number of rotatable bonds is 5. The van der Waals surface area contributed by atoms with Crippen molar-refractivity contribution < 1.29 is 23.1 Å². The normalized spacial score (nSPS) is 19.5. The molecule has 2 aromatic carbocycles. The number of halogens is 2. The first-order valence-corrected chi connectivity index (χ1v) is 10.1. The molecule has 3 N–H and O–H groups in total. The Labute approximate surface area is 179 Å². The summed E-state index contributed by atoms with van der Waals surface area (Å²) < 4.78 is 35.2. The zero-order valence-corrected chi connectivity index (χ0v) is 17.2. The number of nitrogens with one attached hydrogen (secondary N) is 1. The molecule has 2 fully saturated rings. The second kappa shape index (κ2) is 8.94. The molecular formula is C21H25F2N5O3. The highest BCUT2D eigenvalue weighted by atomic mass is 19.1. The third kappa shape index (κ3) is 4.49. The van der Waals surface area contributed by atoms with Crippen LogP contribution in [0.15, 0.2) is 36.4 Å². The molecule has 2 heterocycles. The number of likely N-dealkylation sites (N-methyl/N-ethyl adjacent to an activating group) is 1. The maximum Gasteiger partial charge on any atom is 0.414 e. The van der Waals surface area contributed by atoms with Gasteiger partial charge in [-0.1, -0.05) is 0 Å². The van der Waals surface area contributed by atoms with E-state index in [1.54, 1.807) is 29.1 Å². The second-order valence-electron chi connectivity index (χ2n) is 7.45. The van der Waals surface area contributed by atoms with Crippen LogP contribution >= 0.6 is 0 Å². The summed E-state index contributed by atoms with van der Waals surface area (Å²) in [6, 6.07) is 9.54. The molecule has 0 saturated carbocycles. The van der Waals surface area contributed by atoms with Gasteiger partial charge in [-0.2, -0.15) is 0 Å². The van der Waals surface area contributed by atoms with E-state index in [4.69, 9.17) is 15.3 Å². The van der Waals surface area contributed by atoms with Gasteiger partial charge in [-0.05, 0) is 31.3 Å². The number of hydroxylamine groups is 1. The van der Waals surface area contributed by atoms with Gasteiger partial charge in [0, 0.05) is 37.5 Å². The first kappa shape index (κ1) is 21.1. The first-order valence-electron chi connectivity index (χ1n) is 10.1. The summed E-state index contributed by atoms with van der Waals surface area (Å²) in [5.41, 5.74) is 7.18. The number of cyclic esters (lactones) is 1. The quantitative estimate of drug-likeness (QED) is 0.701. The number of carbonyl (C=O) groups excluding carboxylic acids is 1. The summed E-state index contributed by atoms with van der Waals surface area (Å²) in [5, 5.41) is 4.61. The van der Waals surface area contributed by atoms with Gasteiger partial charge in [0.2, 0.25) is 0 Å². The Bertz CT molecular complexity index is 920. The number of hydrogen-bond acceptors (Lipinski definition) is 7. The molecular weight excluding hydrogens is 408 g/mol. The molecule has 4 rings (SSSR count). The molecule has 31 heavy (non-hydrogen) atoms. The lowest BCUT2D eigenvalue weighted by Gasteiger charge is -2.25. The van der Waals surface area contributed by atoms with E-state index in [0.29, 0.717) is 31.9 Å². The maximum absolute atomic E-state index is 15.0. The summed E-state index contributed by atoms with van der Waals surface area (Å²) in [6.45, 7) is 2.03. The van der Waals surface area contributed by atoms with Gasteiger partial charge in [-0.15, -0.1) is 0 Å². The zero-order valence-electron chi connectivity index (χ0n) is 17.2. The van der Waals surface area contributed by atoms with Crippen molar-refractivity contribution in [3.63, 3.8) is 0 Å². The molecule has 2 saturated heterocycles. The predicted molar refractivity (Wildman–Crippen MR) is 114 cm³/mol. The first-order chi connectivity index (χ1) is 15.0. The van der Waals surface area contributed by atoms with Crippen LogP contribution in [0.3, 0.4) is 0 Å². The monoisotopic (exact) mass is 433 g/mol. The highest BCUT2D eigenvalue weighted by molar-refractivity contribution is 5.90. The summed E-state index contributed by atoms with van der Waals surface area (Å²) in [5.74, 6) is -1.47. The van der Waals surface area contributed by atoms with Gasteiger partial charge in [0.25, 0.3) is 0 Å². The molecule has 2 aromatic rings. The summed E-state index contributed by atoms with van der Waals surface area (Å²) in [4.78, 5) is 20.7. The maximum atomic E-state index is 15.0. The van der Waals surface area contributed by atoms with Gasteiger partial charge >= 0.3 is 6.09 Å². The summed E-state index contributed by atoms with van der Waals surface area (Å²) >= 11 is 0. The van der Waals surface area contributed by atoms with Gasteiger partial charge in [-0.3, -0.25) is 14.8 Å². The number of nitrogens with two attached hydrogens (primary N) is 1. The van der Waals surface area contributed by atoms with Crippen molar-refractivity contribution in [2.24, 2.45) is 0 Å². The lowest BCUT2D eigenvalue weighted by Crippen LogP contribution is -2.32. The van der Waals surface area contributed by atoms with Crippen molar-refractivity contribution in [2.75, 3.05) is 67.0 Å². The fourth-order valence-electron chi connectivity index (χ4n) is 3.79. The van der Waals surface area contributed by atoms with E-state index < -0.39 is 17.7 Å². The van der Waals surface area contributed by atoms with Crippen LogP contribution < -0.4 is 25.9 Å². The number of anilines is 4. The number of ether oxygens (including phenoxy) is 1. The Kier molecular flexibility index (Phi) is 6.10. The Morgan fingerprint density at radius 2 is 1.81 bits per heavy atom. The molecule has 0 bridgehead atoms. The highest BCUT2D eigenvalue weighted by Crippen LogP contribution is 2.31. The second-order valence-corrected chi connectivity index (χ2v) is 7.45. The van der Waals surface area contributed by atoms with E-state index in [9.17, 15) is 13.6 Å². The van der Waals surface area contributed by atoms with Crippen LogP contribution in [0.1, 0.15) is 0 Å². The number of nitrogen functional groups attached to an aromatic ring is 1. The lowest BCUT2D eigenvalue weighted by atomic mass is 10.2. The van der Waals surface area contributed by atoms with Gasteiger partial charge in [-0.25, -0.2) is 13.6 Å². The Balaban J connectivity index is 1.50. The van der Waals surface area contributed by atoms with E-state index in [-0.39, 0.29) is 30.6 Å². The number of amides is 1. The standard InChI is InChI=1S/C21H25F2N5O3/c1-25-12-17-13-27(21(29)31-17)16-10-18(22)20(19(23)11-16)26-6-7-28(30-9-8-26)15-4-2-14(24)3-5-15/h2-5,10-11,17,25H,6-9,12-13,24H2,1H3/t17-/m0/s1. The van der Waals surface area contributed by atoms with E-state index in [1.165, 1.54) is 17.0 Å². The van der Waals surface area contributed by atoms with E-state index in [0.717, 1.165) is 5.69 Å². The third-order valence-electron chi connectivity index (χ3n) is 5.30. The fourth-order valence-corrected chi connectivity index (χ4v) is 3.79. The fraction of sp³-hybridized carbons (Fsp3) is 0.381. The van der Waals surface area contributed by atoms with Crippen LogP contribution in [0.2, 0.25) is 0 Å². The topological polar surface area (TPSA) is 83.3 Å². The van der Waals surface area contributed by atoms with Crippen LogP contribution in [0.5, 0.6) is 0 Å². The number of carbonyl (C=O) groups is 1. The summed E-state index contributed by atoms with van der Waals surface area (Å²) in [7, 11) is 1.74. The Morgan fingerprint density at radius 1 is 1.10 bits per heavy atom. The smallest absolute Gasteiger partial charge is 0.414 e. The molecule has 0 unspecified atom stereocenters. The van der Waals surface area contributed by atoms with Crippen molar-refractivity contribution in [1.82, 2.24) is 5.32 Å². The number of hydrogen-bond donors (Lipinski definition) is 2. The van der Waals surface area contributed by atoms with Crippen molar-refractivity contribution in [2.45, 2.75) is 6.10 Å². The average molecular weight is 433 g/mol. The molecule has 0 radical (unpaired) electrons. The van der Waals surface area contributed by atoms with E-state index in [2.05, 4.69) is 5.32 Å². The molecule has 2 aliphatic rings. The van der Waals surface area contributed by atoms with E-state index >= 15 is 0 Å². The molecule has 1 amide bonds. The van der Waals surface area contributed by atoms with Crippen molar-refractivity contribution in [1.29, 1.82) is 0 Å². The van der Waals surface area contributed by atoms with Crippen molar-refractivity contribution in [3.05, 3.63) is 48.0 Å². The molecule has 1 atom stereocenters. The number of nitrogens with zero attached hydrogens (tertiary/aromatic N) is 3. The predicted octanol–water partition coefficient (Wildman–Crippen LogP) is 2.35.